The maximum atomic E-state index is 13.4. The van der Waals surface area contributed by atoms with Crippen LogP contribution in [0.2, 0.25) is 0 Å². The van der Waals surface area contributed by atoms with Gasteiger partial charge in [0, 0.05) is 16.2 Å². The molecule has 1 aromatic rings. The zero-order valence-electron chi connectivity index (χ0n) is 18.2. The van der Waals surface area contributed by atoms with E-state index in [4.69, 9.17) is 0 Å². The van der Waals surface area contributed by atoms with E-state index in [1.54, 1.807) is 0 Å². The summed E-state index contributed by atoms with van der Waals surface area (Å²) in [6, 6.07) is 7.84. The van der Waals surface area contributed by atoms with E-state index in [-0.39, 0.29) is 22.4 Å². The summed E-state index contributed by atoms with van der Waals surface area (Å²) in [5.41, 5.74) is 0.564. The molecule has 0 spiro atoms. The molecule has 29 heavy (non-hydrogen) atoms. The fraction of sp³-hybridized carbons (Fsp3) is 0.680. The van der Waals surface area contributed by atoms with E-state index in [1.807, 2.05) is 24.3 Å². The van der Waals surface area contributed by atoms with E-state index in [0.717, 1.165) is 74.8 Å². The molecule has 160 valence electrons. The standard InChI is InChI=1S/C25H37NO2S/c1-19(2)15-18-25(16-9-4-10-17-25)24(28)26-21-13-7-8-14-22(21)29-23(27)20-11-5-3-6-12-20/h7-8,13-14,19-20H,3-6,9-12,15-18H2,1-2H3,(H,26,28). The summed E-state index contributed by atoms with van der Waals surface area (Å²) < 4.78 is 0. The fourth-order valence-corrected chi connectivity index (χ4v) is 5.82. The lowest BCUT2D eigenvalue weighted by molar-refractivity contribution is -0.128. The Morgan fingerprint density at radius 1 is 1.03 bits per heavy atom. The molecule has 1 aromatic carbocycles. The normalized spacial score (nSPS) is 19.8. The molecule has 3 nitrogen and oxygen atoms in total. The summed E-state index contributed by atoms with van der Waals surface area (Å²) in [6.07, 6.45) is 13.1. The number of benzene rings is 1. The Morgan fingerprint density at radius 3 is 2.38 bits per heavy atom. The summed E-state index contributed by atoms with van der Waals surface area (Å²) in [4.78, 5) is 27.1. The van der Waals surface area contributed by atoms with Gasteiger partial charge in [-0.05, 0) is 68.3 Å². The second-order valence-corrected chi connectivity index (χ2v) is 10.5. The molecule has 0 saturated heterocycles. The van der Waals surface area contributed by atoms with Crippen molar-refractivity contribution in [2.45, 2.75) is 95.8 Å². The number of thioether (sulfide) groups is 1. The second kappa shape index (κ2) is 10.7. The smallest absolute Gasteiger partial charge is 0.230 e. The average Bonchev–Trinajstić information content (AvgIpc) is 2.75. The number of amides is 1. The SMILES string of the molecule is CC(C)CCC1(C(=O)Nc2ccccc2SC(=O)C2CCCCC2)CCCCC1. The first-order valence-electron chi connectivity index (χ1n) is 11.6. The number of hydrogen-bond acceptors (Lipinski definition) is 3. The predicted molar refractivity (Wildman–Crippen MR) is 122 cm³/mol. The van der Waals surface area contributed by atoms with Crippen molar-refractivity contribution in [1.29, 1.82) is 0 Å². The van der Waals surface area contributed by atoms with Gasteiger partial charge in [-0.1, -0.05) is 64.5 Å². The van der Waals surface area contributed by atoms with Gasteiger partial charge in [0.1, 0.15) is 0 Å². The molecule has 0 aromatic heterocycles. The average molecular weight is 416 g/mol. The molecule has 2 saturated carbocycles. The van der Waals surface area contributed by atoms with Crippen molar-refractivity contribution in [1.82, 2.24) is 0 Å². The lowest BCUT2D eigenvalue weighted by Crippen LogP contribution is -2.38. The highest BCUT2D eigenvalue weighted by atomic mass is 32.2. The van der Waals surface area contributed by atoms with Gasteiger partial charge in [0.05, 0.1) is 5.69 Å². The van der Waals surface area contributed by atoms with Gasteiger partial charge >= 0.3 is 0 Å². The van der Waals surface area contributed by atoms with Crippen LogP contribution in [0.25, 0.3) is 0 Å². The van der Waals surface area contributed by atoms with Crippen molar-refractivity contribution in [2.75, 3.05) is 5.32 Å². The molecule has 2 fully saturated rings. The third kappa shape index (κ3) is 6.10. The molecule has 2 aliphatic rings. The minimum atomic E-state index is -0.242. The molecular weight excluding hydrogens is 378 g/mol. The molecule has 0 atom stereocenters. The largest absolute Gasteiger partial charge is 0.325 e. The highest BCUT2D eigenvalue weighted by Gasteiger charge is 2.39. The third-order valence-corrected chi connectivity index (χ3v) is 7.89. The van der Waals surface area contributed by atoms with Crippen LogP contribution in [0.15, 0.2) is 29.2 Å². The van der Waals surface area contributed by atoms with Crippen LogP contribution in [0.5, 0.6) is 0 Å². The van der Waals surface area contributed by atoms with Gasteiger partial charge in [-0.2, -0.15) is 0 Å². The number of para-hydroxylation sites is 1. The van der Waals surface area contributed by atoms with Gasteiger partial charge in [-0.15, -0.1) is 0 Å². The van der Waals surface area contributed by atoms with E-state index in [2.05, 4.69) is 19.2 Å². The zero-order chi connectivity index (χ0) is 20.7. The van der Waals surface area contributed by atoms with Crippen LogP contribution in [0.3, 0.4) is 0 Å². The van der Waals surface area contributed by atoms with Gasteiger partial charge < -0.3 is 5.32 Å². The molecule has 4 heteroatoms. The number of anilines is 1. The monoisotopic (exact) mass is 415 g/mol. The second-order valence-electron chi connectivity index (χ2n) is 9.48. The van der Waals surface area contributed by atoms with Crippen molar-refractivity contribution in [3.8, 4) is 0 Å². The summed E-state index contributed by atoms with van der Waals surface area (Å²) >= 11 is 1.33. The molecule has 2 aliphatic carbocycles. The van der Waals surface area contributed by atoms with Gasteiger partial charge in [0.2, 0.25) is 5.91 Å². The third-order valence-electron chi connectivity index (χ3n) is 6.78. The fourth-order valence-electron chi connectivity index (χ4n) is 4.83. The van der Waals surface area contributed by atoms with E-state index in [0.29, 0.717) is 5.92 Å². The van der Waals surface area contributed by atoms with Crippen molar-refractivity contribution < 1.29 is 9.59 Å². The number of carbonyl (C=O) groups excluding carboxylic acids is 2. The molecular formula is C25H37NO2S. The quantitative estimate of drug-likeness (QED) is 0.478. The molecule has 3 rings (SSSR count). The Labute approximate surface area is 180 Å². The lowest BCUT2D eigenvalue weighted by Gasteiger charge is -2.36. The van der Waals surface area contributed by atoms with Gasteiger partial charge in [-0.3, -0.25) is 9.59 Å². The van der Waals surface area contributed by atoms with Crippen LogP contribution < -0.4 is 5.32 Å². The Balaban J connectivity index is 1.71. The molecule has 0 radical (unpaired) electrons. The zero-order valence-corrected chi connectivity index (χ0v) is 19.0. The highest BCUT2D eigenvalue weighted by Crippen LogP contribution is 2.43. The van der Waals surface area contributed by atoms with Crippen LogP contribution in [0.1, 0.15) is 90.9 Å². The molecule has 0 bridgehead atoms. The van der Waals surface area contributed by atoms with Crippen LogP contribution in [-0.4, -0.2) is 11.0 Å². The van der Waals surface area contributed by atoms with E-state index >= 15 is 0 Å². The number of carbonyl (C=O) groups is 2. The Kier molecular flexibility index (Phi) is 8.23. The van der Waals surface area contributed by atoms with Crippen molar-refractivity contribution >= 4 is 28.5 Å². The predicted octanol–water partition coefficient (Wildman–Crippen LogP) is 7.21. The Bertz CT molecular complexity index is 688. The summed E-state index contributed by atoms with van der Waals surface area (Å²) in [5, 5.41) is 3.50. The van der Waals surface area contributed by atoms with E-state index in [9.17, 15) is 9.59 Å². The summed E-state index contributed by atoms with van der Waals surface area (Å²) in [5.74, 6) is 0.946. The van der Waals surface area contributed by atoms with Crippen molar-refractivity contribution in [2.24, 2.45) is 17.3 Å². The first-order chi connectivity index (χ1) is 14.0. The van der Waals surface area contributed by atoms with Gasteiger partial charge in [-0.25, -0.2) is 0 Å². The minimum absolute atomic E-state index is 0.163. The van der Waals surface area contributed by atoms with Crippen molar-refractivity contribution in [3.63, 3.8) is 0 Å². The van der Waals surface area contributed by atoms with E-state index < -0.39 is 0 Å². The van der Waals surface area contributed by atoms with Crippen LogP contribution in [0, 0.1) is 17.3 Å². The first-order valence-corrected chi connectivity index (χ1v) is 12.4. The van der Waals surface area contributed by atoms with E-state index in [1.165, 1.54) is 24.6 Å². The molecule has 0 heterocycles. The lowest BCUT2D eigenvalue weighted by atomic mass is 9.69. The Hall–Kier alpha value is -1.29. The molecule has 0 aliphatic heterocycles. The minimum Gasteiger partial charge on any atom is -0.325 e. The first kappa shape index (κ1) is 22.4. The van der Waals surface area contributed by atoms with Gasteiger partial charge in [0.25, 0.3) is 0 Å². The number of nitrogens with one attached hydrogen (secondary N) is 1. The van der Waals surface area contributed by atoms with Gasteiger partial charge in [0.15, 0.2) is 5.12 Å². The summed E-state index contributed by atoms with van der Waals surface area (Å²) in [6.45, 7) is 4.47. The highest BCUT2D eigenvalue weighted by molar-refractivity contribution is 8.13. The van der Waals surface area contributed by atoms with Crippen LogP contribution in [0.4, 0.5) is 5.69 Å². The maximum absolute atomic E-state index is 13.4. The molecule has 0 unspecified atom stereocenters. The number of rotatable bonds is 7. The topological polar surface area (TPSA) is 46.2 Å². The molecule has 1 N–H and O–H groups in total. The van der Waals surface area contributed by atoms with Crippen LogP contribution >= 0.6 is 11.8 Å². The summed E-state index contributed by atoms with van der Waals surface area (Å²) in [7, 11) is 0. The maximum Gasteiger partial charge on any atom is 0.230 e. The van der Waals surface area contributed by atoms with Crippen LogP contribution in [-0.2, 0) is 9.59 Å². The van der Waals surface area contributed by atoms with Crippen molar-refractivity contribution in [3.05, 3.63) is 24.3 Å². The number of hydrogen-bond donors (Lipinski definition) is 1. The molecule has 1 amide bonds. The Morgan fingerprint density at radius 2 is 1.69 bits per heavy atom.